The van der Waals surface area contributed by atoms with Gasteiger partial charge < -0.3 is 10.1 Å². The highest BCUT2D eigenvalue weighted by Gasteiger charge is 2.28. The Morgan fingerprint density at radius 3 is 2.80 bits per heavy atom. The Morgan fingerprint density at radius 1 is 1.40 bits per heavy atom. The highest BCUT2D eigenvalue weighted by Crippen LogP contribution is 2.29. The third-order valence-electron chi connectivity index (χ3n) is 2.12. The lowest BCUT2D eigenvalue weighted by atomic mass is 10.3. The molecule has 0 aliphatic carbocycles. The summed E-state index contributed by atoms with van der Waals surface area (Å²) in [5.74, 6) is -0.561. The molecule has 15 heavy (non-hydrogen) atoms. The first-order valence-corrected chi connectivity index (χ1v) is 5.89. The molecule has 80 valence electrons. The van der Waals surface area contributed by atoms with Crippen LogP contribution in [0.5, 0.6) is 5.75 Å². The molecule has 5 nitrogen and oxygen atoms in total. The molecule has 0 saturated carbocycles. The first-order valence-electron chi connectivity index (χ1n) is 4.23. The third kappa shape index (κ3) is 1.68. The molecule has 0 spiro atoms. The minimum Gasteiger partial charge on any atom is -0.497 e. The number of ether oxygens (including phenoxy) is 1. The van der Waals surface area contributed by atoms with Gasteiger partial charge in [-0.2, -0.15) is 0 Å². The summed E-state index contributed by atoms with van der Waals surface area (Å²) in [5, 5.41) is 2.49. The van der Waals surface area contributed by atoms with Crippen molar-refractivity contribution in [2.75, 3.05) is 18.2 Å². The molecule has 0 radical (unpaired) electrons. The van der Waals surface area contributed by atoms with E-state index in [4.69, 9.17) is 4.74 Å². The van der Waals surface area contributed by atoms with Crippen LogP contribution in [0.3, 0.4) is 0 Å². The van der Waals surface area contributed by atoms with Gasteiger partial charge in [0.1, 0.15) is 11.5 Å². The summed E-state index contributed by atoms with van der Waals surface area (Å²) in [6, 6.07) is 4.52. The monoisotopic (exact) mass is 227 g/mol. The van der Waals surface area contributed by atoms with Crippen LogP contribution in [-0.2, 0) is 14.6 Å². The Morgan fingerprint density at radius 2 is 2.13 bits per heavy atom. The fraction of sp³-hybridized carbons (Fsp3) is 0.222. The van der Waals surface area contributed by atoms with Gasteiger partial charge in [0.25, 0.3) is 0 Å². The van der Waals surface area contributed by atoms with Crippen LogP contribution in [-0.4, -0.2) is 27.2 Å². The summed E-state index contributed by atoms with van der Waals surface area (Å²) in [6.07, 6.45) is 0. The zero-order valence-corrected chi connectivity index (χ0v) is 8.80. The highest BCUT2D eigenvalue weighted by molar-refractivity contribution is 7.92. The number of nitrogens with one attached hydrogen (secondary N) is 1. The van der Waals surface area contributed by atoms with E-state index in [1.807, 2.05) is 0 Å². The SMILES string of the molecule is COc1ccc2c(c1)S(=O)(=O)CC(=O)N2. The lowest BCUT2D eigenvalue weighted by Gasteiger charge is -2.17. The van der Waals surface area contributed by atoms with E-state index in [1.165, 1.54) is 19.2 Å². The summed E-state index contributed by atoms with van der Waals surface area (Å²) in [6.45, 7) is 0. The molecule has 0 aromatic heterocycles. The molecule has 1 aliphatic rings. The molecule has 1 aromatic rings. The van der Waals surface area contributed by atoms with E-state index in [9.17, 15) is 13.2 Å². The molecule has 1 amide bonds. The second-order valence-corrected chi connectivity index (χ2v) is 5.13. The van der Waals surface area contributed by atoms with E-state index in [0.29, 0.717) is 11.4 Å². The summed E-state index contributed by atoms with van der Waals surface area (Å²) in [5.41, 5.74) is 0.312. The maximum Gasteiger partial charge on any atom is 0.239 e. The average Bonchev–Trinajstić information content (AvgIpc) is 2.16. The fourth-order valence-electron chi connectivity index (χ4n) is 1.43. The first-order chi connectivity index (χ1) is 7.03. The van der Waals surface area contributed by atoms with Gasteiger partial charge in [-0.15, -0.1) is 0 Å². The van der Waals surface area contributed by atoms with Crippen LogP contribution < -0.4 is 10.1 Å². The molecule has 0 saturated heterocycles. The zero-order valence-electron chi connectivity index (χ0n) is 7.98. The highest BCUT2D eigenvalue weighted by atomic mass is 32.2. The maximum absolute atomic E-state index is 11.6. The number of sulfone groups is 1. The average molecular weight is 227 g/mol. The van der Waals surface area contributed by atoms with Crippen molar-refractivity contribution >= 4 is 21.4 Å². The van der Waals surface area contributed by atoms with Gasteiger partial charge in [-0.25, -0.2) is 8.42 Å². The summed E-state index contributed by atoms with van der Waals surface area (Å²) < 4.78 is 28.2. The molecular weight excluding hydrogens is 218 g/mol. The van der Waals surface area contributed by atoms with Crippen LogP contribution >= 0.6 is 0 Å². The fourth-order valence-corrected chi connectivity index (χ4v) is 2.75. The molecule has 2 rings (SSSR count). The number of carbonyl (C=O) groups excluding carboxylic acids is 1. The lowest BCUT2D eigenvalue weighted by Crippen LogP contribution is -2.29. The number of amides is 1. The number of methoxy groups -OCH3 is 1. The van der Waals surface area contributed by atoms with Crippen LogP contribution in [0.1, 0.15) is 0 Å². The van der Waals surface area contributed by atoms with E-state index in [0.717, 1.165) is 0 Å². The van der Waals surface area contributed by atoms with Gasteiger partial charge in [-0.1, -0.05) is 0 Å². The van der Waals surface area contributed by atoms with Crippen LogP contribution in [0.15, 0.2) is 23.1 Å². The first kappa shape index (κ1) is 9.97. The minimum atomic E-state index is -3.52. The molecular formula is C9H9NO4S. The molecule has 0 unspecified atom stereocenters. The van der Waals surface area contributed by atoms with Gasteiger partial charge in [0.2, 0.25) is 5.91 Å². The Balaban J connectivity index is 2.64. The Hall–Kier alpha value is -1.56. The summed E-state index contributed by atoms with van der Waals surface area (Å²) >= 11 is 0. The largest absolute Gasteiger partial charge is 0.497 e. The number of anilines is 1. The van der Waals surface area contributed by atoms with Crippen molar-refractivity contribution < 1.29 is 17.9 Å². The van der Waals surface area contributed by atoms with Crippen molar-refractivity contribution in [1.82, 2.24) is 0 Å². The van der Waals surface area contributed by atoms with Gasteiger partial charge in [-0.3, -0.25) is 4.79 Å². The van der Waals surface area contributed by atoms with Gasteiger partial charge >= 0.3 is 0 Å². The number of benzene rings is 1. The number of hydrogen-bond acceptors (Lipinski definition) is 4. The van der Waals surface area contributed by atoms with Crippen molar-refractivity contribution in [3.63, 3.8) is 0 Å². The van der Waals surface area contributed by atoms with Crippen molar-refractivity contribution in [3.8, 4) is 5.75 Å². The number of carbonyl (C=O) groups is 1. The minimum absolute atomic E-state index is 0.112. The van der Waals surface area contributed by atoms with Crippen LogP contribution in [0, 0.1) is 0 Å². The number of rotatable bonds is 1. The normalized spacial score (nSPS) is 17.8. The van der Waals surface area contributed by atoms with Crippen molar-refractivity contribution in [3.05, 3.63) is 18.2 Å². The standard InChI is InChI=1S/C9H9NO4S/c1-14-6-2-3-7-8(4-6)15(12,13)5-9(11)10-7/h2-4H,5H2,1H3,(H,10,11). The Bertz CT molecular complexity index is 521. The van der Waals surface area contributed by atoms with E-state index in [2.05, 4.69) is 5.32 Å². The number of hydrogen-bond donors (Lipinski definition) is 1. The summed E-state index contributed by atoms with van der Waals surface area (Å²) in [7, 11) is -2.06. The van der Waals surface area contributed by atoms with Crippen LogP contribution in [0.25, 0.3) is 0 Å². The second-order valence-electron chi connectivity index (χ2n) is 3.17. The molecule has 1 aliphatic heterocycles. The topological polar surface area (TPSA) is 72.5 Å². The molecule has 0 atom stereocenters. The lowest BCUT2D eigenvalue weighted by molar-refractivity contribution is -0.114. The molecule has 1 heterocycles. The Kier molecular flexibility index (Phi) is 2.15. The van der Waals surface area contributed by atoms with Gasteiger partial charge in [0.05, 0.1) is 17.7 Å². The quantitative estimate of drug-likeness (QED) is 0.754. The smallest absolute Gasteiger partial charge is 0.239 e. The van der Waals surface area contributed by atoms with Crippen molar-refractivity contribution in [2.45, 2.75) is 4.90 Å². The maximum atomic E-state index is 11.6. The molecule has 6 heteroatoms. The number of fused-ring (bicyclic) bond motifs is 1. The van der Waals surface area contributed by atoms with E-state index in [1.54, 1.807) is 6.07 Å². The van der Waals surface area contributed by atoms with E-state index in [-0.39, 0.29) is 4.90 Å². The Labute approximate surface area is 87.0 Å². The molecule has 1 aromatic carbocycles. The van der Waals surface area contributed by atoms with E-state index >= 15 is 0 Å². The van der Waals surface area contributed by atoms with Crippen LogP contribution in [0.4, 0.5) is 5.69 Å². The predicted octanol–water partition coefficient (Wildman–Crippen LogP) is 0.421. The van der Waals surface area contributed by atoms with Crippen molar-refractivity contribution in [2.24, 2.45) is 0 Å². The zero-order chi connectivity index (χ0) is 11.1. The van der Waals surface area contributed by atoms with Crippen LogP contribution in [0.2, 0.25) is 0 Å². The molecule has 0 bridgehead atoms. The van der Waals surface area contributed by atoms with Crippen molar-refractivity contribution in [1.29, 1.82) is 0 Å². The predicted molar refractivity (Wildman–Crippen MR) is 53.7 cm³/mol. The van der Waals surface area contributed by atoms with E-state index < -0.39 is 21.5 Å². The van der Waals surface area contributed by atoms with Gasteiger partial charge in [-0.05, 0) is 12.1 Å². The summed E-state index contributed by atoms with van der Waals surface area (Å²) in [4.78, 5) is 11.2. The third-order valence-corrected chi connectivity index (χ3v) is 3.77. The second kappa shape index (κ2) is 3.23. The van der Waals surface area contributed by atoms with Gasteiger partial charge in [0, 0.05) is 6.07 Å². The molecule has 1 N–H and O–H groups in total. The molecule has 0 fully saturated rings. The van der Waals surface area contributed by atoms with Gasteiger partial charge in [0.15, 0.2) is 9.84 Å².